The topological polar surface area (TPSA) is 46.5 Å². The summed E-state index contributed by atoms with van der Waals surface area (Å²) in [5, 5.41) is 9.61. The molecule has 0 heterocycles. The number of carbonyl (C=O) groups is 1. The van der Waals surface area contributed by atoms with Crippen LogP contribution in [0.25, 0.3) is 0 Å². The molecule has 140 valence electrons. The predicted octanol–water partition coefficient (Wildman–Crippen LogP) is 5.42. The van der Waals surface area contributed by atoms with E-state index in [1.807, 2.05) is 18.2 Å². The number of aliphatic carboxylic acids is 1. The SMILES string of the molecule is CC(CCC(F)(F)COCc1ccccc1)(C(=O)O)c1cccc(Br)c1. The Labute approximate surface area is 160 Å². The van der Waals surface area contributed by atoms with E-state index >= 15 is 0 Å². The van der Waals surface area contributed by atoms with Crippen LogP contribution in [0, 0.1) is 0 Å². The summed E-state index contributed by atoms with van der Waals surface area (Å²) in [7, 11) is 0. The fraction of sp³-hybridized carbons (Fsp3) is 0.350. The standard InChI is InChI=1S/C20H21BrF2O3/c1-19(18(24)25,16-8-5-9-17(21)12-16)10-11-20(22,23)14-26-13-15-6-3-2-4-7-15/h2-9,12H,10-11,13-14H2,1H3,(H,24,25). The van der Waals surface area contributed by atoms with Crippen molar-refractivity contribution in [3.8, 4) is 0 Å². The first-order chi connectivity index (χ1) is 12.2. The first kappa shape index (κ1) is 20.5. The lowest BCUT2D eigenvalue weighted by molar-refractivity contribution is -0.145. The molecule has 0 radical (unpaired) electrons. The maximum atomic E-state index is 14.2. The first-order valence-electron chi connectivity index (χ1n) is 8.22. The Bertz CT molecular complexity index is 737. The van der Waals surface area contributed by atoms with Crippen molar-refractivity contribution < 1.29 is 23.4 Å². The molecule has 0 aliphatic rings. The molecule has 0 saturated carbocycles. The fourth-order valence-electron chi connectivity index (χ4n) is 2.60. The van der Waals surface area contributed by atoms with Crippen LogP contribution in [-0.4, -0.2) is 23.6 Å². The number of alkyl halides is 2. The van der Waals surface area contributed by atoms with E-state index < -0.39 is 30.3 Å². The van der Waals surface area contributed by atoms with E-state index in [2.05, 4.69) is 15.9 Å². The lowest BCUT2D eigenvalue weighted by Crippen LogP contribution is -2.35. The van der Waals surface area contributed by atoms with E-state index in [9.17, 15) is 18.7 Å². The summed E-state index contributed by atoms with van der Waals surface area (Å²) >= 11 is 3.29. The Kier molecular flexibility index (Phi) is 6.89. The molecule has 0 spiro atoms. The monoisotopic (exact) mass is 426 g/mol. The fourth-order valence-corrected chi connectivity index (χ4v) is 3.00. The Morgan fingerprint density at radius 1 is 1.12 bits per heavy atom. The molecule has 0 aliphatic heterocycles. The quantitative estimate of drug-likeness (QED) is 0.581. The molecule has 2 aromatic carbocycles. The van der Waals surface area contributed by atoms with Gasteiger partial charge in [0.2, 0.25) is 0 Å². The molecule has 1 N–H and O–H groups in total. The molecule has 0 amide bonds. The van der Waals surface area contributed by atoms with Crippen molar-refractivity contribution in [1.82, 2.24) is 0 Å². The van der Waals surface area contributed by atoms with Crippen molar-refractivity contribution >= 4 is 21.9 Å². The first-order valence-corrected chi connectivity index (χ1v) is 9.01. The van der Waals surface area contributed by atoms with Crippen LogP contribution in [0.2, 0.25) is 0 Å². The zero-order chi connectivity index (χ0) is 19.2. The van der Waals surface area contributed by atoms with Crippen LogP contribution < -0.4 is 0 Å². The van der Waals surface area contributed by atoms with Gasteiger partial charge in [-0.1, -0.05) is 58.4 Å². The number of hydrogen-bond acceptors (Lipinski definition) is 2. The maximum absolute atomic E-state index is 14.2. The minimum atomic E-state index is -3.10. The lowest BCUT2D eigenvalue weighted by atomic mass is 9.78. The van der Waals surface area contributed by atoms with Crippen molar-refractivity contribution in [2.45, 2.75) is 37.7 Å². The number of carboxylic acids is 1. The van der Waals surface area contributed by atoms with Gasteiger partial charge in [0, 0.05) is 10.9 Å². The van der Waals surface area contributed by atoms with Gasteiger partial charge in [-0.2, -0.15) is 0 Å². The second kappa shape index (κ2) is 8.73. The van der Waals surface area contributed by atoms with Gasteiger partial charge >= 0.3 is 5.97 Å². The van der Waals surface area contributed by atoms with Gasteiger partial charge in [-0.3, -0.25) is 4.79 Å². The van der Waals surface area contributed by atoms with Crippen LogP contribution in [0.4, 0.5) is 8.78 Å². The molecular weight excluding hydrogens is 406 g/mol. The van der Waals surface area contributed by atoms with Crippen LogP contribution in [-0.2, 0) is 21.6 Å². The summed E-state index contributed by atoms with van der Waals surface area (Å²) in [6.45, 7) is 0.826. The molecule has 1 atom stereocenters. The molecule has 0 aliphatic carbocycles. The van der Waals surface area contributed by atoms with Gasteiger partial charge in [0.05, 0.1) is 12.0 Å². The van der Waals surface area contributed by atoms with E-state index in [1.54, 1.807) is 36.4 Å². The highest BCUT2D eigenvalue weighted by Crippen LogP contribution is 2.35. The van der Waals surface area contributed by atoms with Gasteiger partial charge in [0.15, 0.2) is 0 Å². The zero-order valence-corrected chi connectivity index (χ0v) is 16.0. The molecule has 3 nitrogen and oxygen atoms in total. The molecule has 0 bridgehead atoms. The number of rotatable bonds is 9. The number of carboxylic acid groups (broad SMARTS) is 1. The van der Waals surface area contributed by atoms with Crippen LogP contribution >= 0.6 is 15.9 Å². The van der Waals surface area contributed by atoms with Gasteiger partial charge in [-0.15, -0.1) is 0 Å². The second-order valence-corrected chi connectivity index (χ2v) is 7.40. The smallest absolute Gasteiger partial charge is 0.313 e. The van der Waals surface area contributed by atoms with E-state index in [1.165, 1.54) is 6.92 Å². The highest BCUT2D eigenvalue weighted by molar-refractivity contribution is 9.10. The van der Waals surface area contributed by atoms with Crippen molar-refractivity contribution in [3.63, 3.8) is 0 Å². The Balaban J connectivity index is 1.97. The average molecular weight is 427 g/mol. The normalized spacial score (nSPS) is 14.0. The third-order valence-corrected chi connectivity index (χ3v) is 4.84. The van der Waals surface area contributed by atoms with Crippen LogP contribution in [0.5, 0.6) is 0 Å². The third kappa shape index (κ3) is 5.61. The average Bonchev–Trinajstić information content (AvgIpc) is 2.60. The van der Waals surface area contributed by atoms with Crippen molar-refractivity contribution in [2.24, 2.45) is 0 Å². The van der Waals surface area contributed by atoms with Crippen LogP contribution in [0.1, 0.15) is 30.9 Å². The van der Waals surface area contributed by atoms with Crippen LogP contribution in [0.3, 0.4) is 0 Å². The largest absolute Gasteiger partial charge is 0.481 e. The van der Waals surface area contributed by atoms with Gasteiger partial charge in [-0.25, -0.2) is 8.78 Å². The molecule has 0 saturated heterocycles. The minimum Gasteiger partial charge on any atom is -0.481 e. The molecule has 2 aromatic rings. The summed E-state index contributed by atoms with van der Waals surface area (Å²) in [5.41, 5.74) is -0.0969. The summed E-state index contributed by atoms with van der Waals surface area (Å²) < 4.78 is 34.2. The van der Waals surface area contributed by atoms with Crippen molar-refractivity contribution in [2.75, 3.05) is 6.61 Å². The molecule has 1 unspecified atom stereocenters. The highest BCUT2D eigenvalue weighted by Gasteiger charge is 2.40. The van der Waals surface area contributed by atoms with Crippen molar-refractivity contribution in [3.05, 3.63) is 70.2 Å². The molecule has 0 aromatic heterocycles. The number of hydrogen-bond donors (Lipinski definition) is 1. The number of benzene rings is 2. The van der Waals surface area contributed by atoms with Crippen LogP contribution in [0.15, 0.2) is 59.1 Å². The van der Waals surface area contributed by atoms with E-state index in [0.717, 1.165) is 5.56 Å². The molecular formula is C20H21BrF2O3. The Hall–Kier alpha value is -1.79. The third-order valence-electron chi connectivity index (χ3n) is 4.35. The van der Waals surface area contributed by atoms with Gasteiger partial charge in [0.25, 0.3) is 5.92 Å². The van der Waals surface area contributed by atoms with E-state index in [0.29, 0.717) is 10.0 Å². The number of halogens is 3. The molecule has 0 fully saturated rings. The minimum absolute atomic E-state index is 0.0955. The molecule has 2 rings (SSSR count). The van der Waals surface area contributed by atoms with Gasteiger partial charge < -0.3 is 9.84 Å². The summed E-state index contributed by atoms with van der Waals surface area (Å²) in [5.74, 6) is -4.23. The van der Waals surface area contributed by atoms with E-state index in [4.69, 9.17) is 4.74 Å². The van der Waals surface area contributed by atoms with Crippen molar-refractivity contribution in [1.29, 1.82) is 0 Å². The van der Waals surface area contributed by atoms with Gasteiger partial charge in [0.1, 0.15) is 6.61 Å². The predicted molar refractivity (Wildman–Crippen MR) is 99.4 cm³/mol. The molecule has 6 heteroatoms. The number of ether oxygens (including phenoxy) is 1. The molecule has 26 heavy (non-hydrogen) atoms. The Morgan fingerprint density at radius 2 is 1.81 bits per heavy atom. The lowest BCUT2D eigenvalue weighted by Gasteiger charge is -2.28. The summed E-state index contributed by atoms with van der Waals surface area (Å²) in [4.78, 5) is 11.8. The highest BCUT2D eigenvalue weighted by atomic mass is 79.9. The summed E-state index contributed by atoms with van der Waals surface area (Å²) in [6.07, 6.45) is -0.766. The zero-order valence-electron chi connectivity index (χ0n) is 14.4. The summed E-state index contributed by atoms with van der Waals surface area (Å²) in [6, 6.07) is 15.8. The maximum Gasteiger partial charge on any atom is 0.313 e. The second-order valence-electron chi connectivity index (χ2n) is 6.48. The van der Waals surface area contributed by atoms with E-state index in [-0.39, 0.29) is 13.0 Å². The van der Waals surface area contributed by atoms with Gasteiger partial charge in [-0.05, 0) is 36.6 Å². The Morgan fingerprint density at radius 3 is 2.42 bits per heavy atom.